The molecule has 2 fully saturated rings. The summed E-state index contributed by atoms with van der Waals surface area (Å²) in [5, 5.41) is 36.6. The van der Waals surface area contributed by atoms with Gasteiger partial charge in [-0.25, -0.2) is 4.98 Å². The van der Waals surface area contributed by atoms with Gasteiger partial charge in [0.1, 0.15) is 30.4 Å². The van der Waals surface area contributed by atoms with Crippen LogP contribution in [-0.4, -0.2) is 77.4 Å². The van der Waals surface area contributed by atoms with E-state index in [2.05, 4.69) is 20.0 Å². The molecule has 1 saturated heterocycles. The molecule has 3 aromatic rings. The van der Waals surface area contributed by atoms with E-state index in [-0.39, 0.29) is 35.0 Å². The van der Waals surface area contributed by atoms with Crippen LogP contribution in [0.15, 0.2) is 48.3 Å². The molecule has 5 rings (SSSR count). The van der Waals surface area contributed by atoms with Crippen LogP contribution in [0.5, 0.6) is 11.6 Å². The Morgan fingerprint density at radius 3 is 2.59 bits per heavy atom. The first-order chi connectivity index (χ1) is 20.8. The fraction of sp³-hybridized carbons (Fsp3) is 0.519. The van der Waals surface area contributed by atoms with E-state index in [0.717, 1.165) is 43.0 Å². The number of nitrogens with two attached hydrogens (primary N) is 1. The molecular weight excluding hydrogens is 615 g/mol. The van der Waals surface area contributed by atoms with Crippen LogP contribution >= 0.6 is 6.64 Å². The smallest absolute Gasteiger partial charge is 0.305 e. The Labute approximate surface area is 258 Å². The Hall–Kier alpha value is -3.08. The van der Waals surface area contributed by atoms with Crippen molar-refractivity contribution in [2.45, 2.75) is 75.8 Å². The van der Waals surface area contributed by atoms with Gasteiger partial charge in [-0.15, -0.1) is 0 Å². The molecule has 1 aliphatic heterocycles. The van der Waals surface area contributed by atoms with Crippen LogP contribution in [0.4, 0.5) is 5.95 Å². The van der Waals surface area contributed by atoms with E-state index in [0.29, 0.717) is 11.4 Å². The number of aliphatic hydroxyl groups is 3. The Morgan fingerprint density at radius 1 is 1.20 bits per heavy atom. The summed E-state index contributed by atoms with van der Waals surface area (Å²) >= 11 is 5.35. The highest BCUT2D eigenvalue weighted by molar-refractivity contribution is 8.08. The third kappa shape index (κ3) is 6.48. The topological polar surface area (TPSA) is 209 Å². The first kappa shape index (κ1) is 32.3. The number of nitrogens with zero attached hydrogens (tertiary/aromatic N) is 4. The number of ether oxygens (including phenoxy) is 4. The zero-order chi connectivity index (χ0) is 31.7. The molecule has 1 aromatic carbocycles. The number of nitrogen functional groups attached to an aromatic ring is 1. The van der Waals surface area contributed by atoms with Crippen molar-refractivity contribution in [2.75, 3.05) is 19.5 Å². The Balaban J connectivity index is 1.33. The monoisotopic (exact) mass is 652 g/mol. The van der Waals surface area contributed by atoms with Gasteiger partial charge in [0, 0.05) is 0 Å². The van der Waals surface area contributed by atoms with Crippen molar-refractivity contribution >= 4 is 35.6 Å². The lowest BCUT2D eigenvalue weighted by molar-refractivity contribution is -0.317. The first-order valence-corrected chi connectivity index (χ1v) is 16.7. The SMILES string of the molecule is COc1nc(N)nc2c1ncn2[C@@]1(O)O[C@H](CO[P@](O)(=S)NC(C)=C(Oc2ccccc2)OC2CCCCC2)[C@@H](O)[C@@]1(C)O. The fourth-order valence-electron chi connectivity index (χ4n) is 5.21. The maximum absolute atomic E-state index is 11.6. The molecule has 0 unspecified atom stereocenters. The second-order valence-corrected chi connectivity index (χ2v) is 13.9. The molecule has 15 nitrogen and oxygen atoms in total. The van der Waals surface area contributed by atoms with Crippen LogP contribution in [0.1, 0.15) is 46.0 Å². The number of hydrogen-bond acceptors (Lipinski definition) is 13. The number of aromatic nitrogens is 4. The Kier molecular flexibility index (Phi) is 9.35. The van der Waals surface area contributed by atoms with Gasteiger partial charge in [-0.1, -0.05) is 24.6 Å². The minimum atomic E-state index is -3.80. The highest BCUT2D eigenvalue weighted by atomic mass is 32.5. The molecule has 0 spiro atoms. The van der Waals surface area contributed by atoms with E-state index in [4.69, 9.17) is 41.0 Å². The molecule has 1 aliphatic carbocycles. The van der Waals surface area contributed by atoms with Crippen molar-refractivity contribution in [3.63, 3.8) is 0 Å². The quantitative estimate of drug-likeness (QED) is 0.129. The lowest BCUT2D eigenvalue weighted by atomic mass is 9.94. The zero-order valence-electron chi connectivity index (χ0n) is 24.5. The Morgan fingerprint density at radius 2 is 1.91 bits per heavy atom. The molecular formula is C27H37N6O9PS. The summed E-state index contributed by atoms with van der Waals surface area (Å²) in [6.07, 6.45) is 2.99. The number of imidazole rings is 1. The number of anilines is 1. The number of methoxy groups -OCH3 is 1. The lowest BCUT2D eigenvalue weighted by Gasteiger charge is -2.34. The van der Waals surface area contributed by atoms with E-state index in [1.807, 2.05) is 18.2 Å². The van der Waals surface area contributed by atoms with Crippen molar-refractivity contribution in [1.82, 2.24) is 24.6 Å². The molecule has 0 bridgehead atoms. The van der Waals surface area contributed by atoms with Gasteiger partial charge >= 0.3 is 5.95 Å². The largest absolute Gasteiger partial charge is 0.479 e. The predicted octanol–water partition coefficient (Wildman–Crippen LogP) is 1.97. The van der Waals surface area contributed by atoms with E-state index >= 15 is 0 Å². The van der Waals surface area contributed by atoms with Gasteiger partial charge in [-0.3, -0.25) is 4.57 Å². The average molecular weight is 653 g/mol. The summed E-state index contributed by atoms with van der Waals surface area (Å²) < 4.78 is 29.8. The van der Waals surface area contributed by atoms with Gasteiger partial charge in [0.05, 0.1) is 19.4 Å². The number of fused-ring (bicyclic) bond motifs is 1. The standard InChI is InChI=1S/C27H37N6O9PS/c1-16(24(40-17-10-6-4-7-11-17)41-18-12-8-5-9-13-18)32-43(37,44)39-14-19-21(34)26(2,35)27(36,42-19)33-15-29-20-22(33)30-25(28)31-23(20)38-3/h4,6-7,10-11,15,18-19,21,34-36H,5,8-9,12-14H2,1-3H3,(H2,28,30,31)(H2,32,37,44)/t19-,21-,26-,27+,43+/m1/s1. The molecule has 2 aromatic heterocycles. The molecule has 7 N–H and O–H groups in total. The summed E-state index contributed by atoms with van der Waals surface area (Å²) in [5.41, 5.74) is 3.88. The van der Waals surface area contributed by atoms with Gasteiger partial charge in [0.2, 0.25) is 11.8 Å². The van der Waals surface area contributed by atoms with Crippen LogP contribution in [0.3, 0.4) is 0 Å². The summed E-state index contributed by atoms with van der Waals surface area (Å²) in [4.78, 5) is 23.2. The molecule has 0 amide bonds. The highest BCUT2D eigenvalue weighted by Gasteiger charge is 2.64. The zero-order valence-corrected chi connectivity index (χ0v) is 26.2. The van der Waals surface area contributed by atoms with Crippen LogP contribution in [-0.2, 0) is 31.7 Å². The molecule has 240 valence electrons. The van der Waals surface area contributed by atoms with Crippen LogP contribution in [0.25, 0.3) is 11.2 Å². The summed E-state index contributed by atoms with van der Waals surface area (Å²) in [6.45, 7) is -1.51. The van der Waals surface area contributed by atoms with Gasteiger partial charge in [0.25, 0.3) is 12.6 Å². The number of benzene rings is 1. The molecule has 17 heteroatoms. The van der Waals surface area contributed by atoms with Crippen molar-refractivity contribution in [3.05, 3.63) is 48.3 Å². The average Bonchev–Trinajstić information content (AvgIpc) is 3.49. The number of hydrogen-bond donors (Lipinski definition) is 6. The summed E-state index contributed by atoms with van der Waals surface area (Å²) in [6, 6.07) is 9.05. The minimum Gasteiger partial charge on any atom is -0.479 e. The van der Waals surface area contributed by atoms with Gasteiger partial charge in [-0.2, -0.15) is 9.97 Å². The first-order valence-electron chi connectivity index (χ1n) is 14.1. The Bertz CT molecular complexity index is 1550. The molecule has 2 aliphatic rings. The second kappa shape index (κ2) is 12.7. The normalized spacial score (nSPS) is 27.9. The number of aliphatic hydroxyl groups excluding tert-OH is 1. The van der Waals surface area contributed by atoms with E-state index < -0.39 is 37.0 Å². The van der Waals surface area contributed by atoms with Gasteiger partial charge < -0.3 is 54.5 Å². The number of rotatable bonds is 11. The number of allylic oxidation sites excluding steroid dienone is 1. The van der Waals surface area contributed by atoms with Crippen LogP contribution in [0, 0.1) is 0 Å². The van der Waals surface area contributed by atoms with Crippen molar-refractivity contribution in [1.29, 1.82) is 0 Å². The molecule has 5 atom stereocenters. The van der Waals surface area contributed by atoms with Gasteiger partial charge in [-0.05, 0) is 63.5 Å². The van der Waals surface area contributed by atoms with Gasteiger partial charge in [0.15, 0.2) is 16.8 Å². The fourth-order valence-corrected chi connectivity index (χ4v) is 6.73. The van der Waals surface area contributed by atoms with Crippen LogP contribution < -0.4 is 20.3 Å². The van der Waals surface area contributed by atoms with Crippen molar-refractivity contribution < 1.29 is 43.7 Å². The molecule has 3 heterocycles. The maximum atomic E-state index is 11.6. The third-order valence-electron chi connectivity index (χ3n) is 7.61. The number of para-hydroxylation sites is 1. The summed E-state index contributed by atoms with van der Waals surface area (Å²) in [5.74, 6) is -2.06. The van der Waals surface area contributed by atoms with Crippen molar-refractivity contribution in [3.8, 4) is 11.6 Å². The third-order valence-corrected chi connectivity index (χ3v) is 9.32. The minimum absolute atomic E-state index is 0.0236. The molecule has 0 radical (unpaired) electrons. The predicted molar refractivity (Wildman–Crippen MR) is 161 cm³/mol. The lowest BCUT2D eigenvalue weighted by Crippen LogP contribution is -2.55. The van der Waals surface area contributed by atoms with E-state index in [1.165, 1.54) is 14.0 Å². The van der Waals surface area contributed by atoms with Crippen LogP contribution in [0.2, 0.25) is 0 Å². The summed E-state index contributed by atoms with van der Waals surface area (Å²) in [7, 11) is 1.36. The second-order valence-electron chi connectivity index (χ2n) is 10.9. The number of nitrogens with one attached hydrogen (secondary N) is 1. The highest BCUT2D eigenvalue weighted by Crippen LogP contribution is 2.46. The van der Waals surface area contributed by atoms with E-state index in [1.54, 1.807) is 19.1 Å². The maximum Gasteiger partial charge on any atom is 0.305 e. The molecule has 1 saturated carbocycles. The molecule has 44 heavy (non-hydrogen) atoms. The van der Waals surface area contributed by atoms with E-state index in [9.17, 15) is 20.2 Å². The van der Waals surface area contributed by atoms with Crippen molar-refractivity contribution in [2.24, 2.45) is 0 Å².